The van der Waals surface area contributed by atoms with Gasteiger partial charge >= 0.3 is 0 Å². The quantitative estimate of drug-likeness (QED) is 0.728. The predicted octanol–water partition coefficient (Wildman–Crippen LogP) is 2.46. The second-order valence-corrected chi connectivity index (χ2v) is 4.97. The summed E-state index contributed by atoms with van der Waals surface area (Å²) in [5.41, 5.74) is 6.87. The minimum Gasteiger partial charge on any atom is -0.323 e. The molecule has 0 spiro atoms. The average molecular weight is 184 g/mol. The lowest BCUT2D eigenvalue weighted by Gasteiger charge is -2.13. The molecule has 1 heterocycles. The summed E-state index contributed by atoms with van der Waals surface area (Å²) >= 11 is 1.69. The van der Waals surface area contributed by atoms with Crippen molar-refractivity contribution in [2.75, 3.05) is 0 Å². The first-order valence-electron chi connectivity index (χ1n) is 4.13. The van der Waals surface area contributed by atoms with Crippen molar-refractivity contribution in [2.45, 2.75) is 39.2 Å². The molecule has 3 heteroatoms. The number of aromatic nitrogens is 1. The Morgan fingerprint density at radius 1 is 1.50 bits per heavy atom. The zero-order valence-electron chi connectivity index (χ0n) is 8.09. The average Bonchev–Trinajstić information content (AvgIpc) is 2.30. The molecule has 0 aliphatic rings. The minimum atomic E-state index is 0.0531. The second kappa shape index (κ2) is 3.15. The van der Waals surface area contributed by atoms with Crippen LogP contribution in [0.4, 0.5) is 0 Å². The molecule has 68 valence electrons. The van der Waals surface area contributed by atoms with Crippen LogP contribution in [0.5, 0.6) is 0 Å². The van der Waals surface area contributed by atoms with Crippen LogP contribution in [0.25, 0.3) is 0 Å². The van der Waals surface area contributed by atoms with E-state index in [1.165, 1.54) is 0 Å². The van der Waals surface area contributed by atoms with Crippen molar-refractivity contribution in [1.29, 1.82) is 0 Å². The third-order valence-electron chi connectivity index (χ3n) is 1.63. The van der Waals surface area contributed by atoms with Gasteiger partial charge in [-0.15, -0.1) is 11.3 Å². The molecule has 0 aliphatic heterocycles. The fraction of sp³-hybridized carbons (Fsp3) is 0.667. The molecule has 0 saturated heterocycles. The van der Waals surface area contributed by atoms with Gasteiger partial charge in [0.05, 0.1) is 10.7 Å². The standard InChI is InChI=1S/C9H16N2S/c1-6(10)7-5-12-8(11-7)9(2,3)4/h5-6H,10H2,1-4H3. The van der Waals surface area contributed by atoms with E-state index in [1.807, 2.05) is 12.3 Å². The summed E-state index contributed by atoms with van der Waals surface area (Å²) in [5.74, 6) is 0. The summed E-state index contributed by atoms with van der Waals surface area (Å²) in [6.07, 6.45) is 0. The van der Waals surface area contributed by atoms with Crippen LogP contribution in [-0.4, -0.2) is 4.98 Å². The van der Waals surface area contributed by atoms with Crippen molar-refractivity contribution in [3.05, 3.63) is 16.1 Å². The van der Waals surface area contributed by atoms with Crippen LogP contribution in [0.1, 0.15) is 44.4 Å². The van der Waals surface area contributed by atoms with E-state index in [1.54, 1.807) is 11.3 Å². The van der Waals surface area contributed by atoms with Gasteiger partial charge in [-0.1, -0.05) is 20.8 Å². The lowest BCUT2D eigenvalue weighted by Crippen LogP contribution is -2.12. The molecule has 0 radical (unpaired) electrons. The highest BCUT2D eigenvalue weighted by molar-refractivity contribution is 7.09. The molecule has 0 saturated carbocycles. The highest BCUT2D eigenvalue weighted by Crippen LogP contribution is 2.26. The van der Waals surface area contributed by atoms with Crippen LogP contribution >= 0.6 is 11.3 Å². The Morgan fingerprint density at radius 2 is 2.08 bits per heavy atom. The number of thiazole rings is 1. The van der Waals surface area contributed by atoms with Crippen LogP contribution in [0.15, 0.2) is 5.38 Å². The summed E-state index contributed by atoms with van der Waals surface area (Å²) in [7, 11) is 0. The fourth-order valence-electron chi connectivity index (χ4n) is 0.840. The van der Waals surface area contributed by atoms with Gasteiger partial charge in [-0.3, -0.25) is 0 Å². The third kappa shape index (κ3) is 2.05. The Hall–Kier alpha value is -0.410. The van der Waals surface area contributed by atoms with Gasteiger partial charge in [0.25, 0.3) is 0 Å². The molecule has 0 aromatic carbocycles. The molecule has 1 aromatic rings. The number of hydrogen-bond acceptors (Lipinski definition) is 3. The molecule has 0 aliphatic carbocycles. The first-order valence-corrected chi connectivity index (χ1v) is 5.00. The third-order valence-corrected chi connectivity index (χ3v) is 2.92. The molecule has 0 fully saturated rings. The molecule has 1 unspecified atom stereocenters. The van der Waals surface area contributed by atoms with Crippen molar-refractivity contribution in [1.82, 2.24) is 4.98 Å². The second-order valence-electron chi connectivity index (χ2n) is 4.12. The highest BCUT2D eigenvalue weighted by Gasteiger charge is 2.18. The predicted molar refractivity (Wildman–Crippen MR) is 53.4 cm³/mol. The van der Waals surface area contributed by atoms with Crippen LogP contribution < -0.4 is 5.73 Å². The molecule has 12 heavy (non-hydrogen) atoms. The highest BCUT2D eigenvalue weighted by atomic mass is 32.1. The van der Waals surface area contributed by atoms with E-state index in [4.69, 9.17) is 5.73 Å². The Bertz CT molecular complexity index is 258. The molecule has 1 atom stereocenters. The van der Waals surface area contributed by atoms with E-state index in [0.29, 0.717) is 0 Å². The molecule has 1 rings (SSSR count). The van der Waals surface area contributed by atoms with Gasteiger partial charge in [-0.2, -0.15) is 0 Å². The van der Waals surface area contributed by atoms with Gasteiger partial charge in [0.2, 0.25) is 0 Å². The SMILES string of the molecule is CC(N)c1csc(C(C)(C)C)n1. The van der Waals surface area contributed by atoms with Crippen molar-refractivity contribution < 1.29 is 0 Å². The number of nitrogens with two attached hydrogens (primary N) is 1. The van der Waals surface area contributed by atoms with Crippen molar-refractivity contribution >= 4 is 11.3 Å². The van der Waals surface area contributed by atoms with E-state index in [0.717, 1.165) is 10.7 Å². The number of hydrogen-bond donors (Lipinski definition) is 1. The van der Waals surface area contributed by atoms with Gasteiger partial charge in [0, 0.05) is 16.8 Å². The normalized spacial score (nSPS) is 14.8. The maximum Gasteiger partial charge on any atom is 0.0982 e. The molecule has 0 amide bonds. The minimum absolute atomic E-state index is 0.0531. The molecule has 0 bridgehead atoms. The molecular weight excluding hydrogens is 168 g/mol. The topological polar surface area (TPSA) is 38.9 Å². The van der Waals surface area contributed by atoms with E-state index < -0.39 is 0 Å². The first-order chi connectivity index (χ1) is 5.41. The number of rotatable bonds is 1. The van der Waals surface area contributed by atoms with Gasteiger partial charge in [0.15, 0.2) is 0 Å². The Balaban J connectivity index is 2.92. The molecule has 1 aromatic heterocycles. The van der Waals surface area contributed by atoms with Gasteiger partial charge in [-0.05, 0) is 6.92 Å². The van der Waals surface area contributed by atoms with E-state index in [-0.39, 0.29) is 11.5 Å². The van der Waals surface area contributed by atoms with Crippen molar-refractivity contribution in [3.8, 4) is 0 Å². The van der Waals surface area contributed by atoms with Crippen LogP contribution in [0.2, 0.25) is 0 Å². The van der Waals surface area contributed by atoms with E-state index in [2.05, 4.69) is 25.8 Å². The Morgan fingerprint density at radius 3 is 2.33 bits per heavy atom. The smallest absolute Gasteiger partial charge is 0.0982 e. The zero-order valence-corrected chi connectivity index (χ0v) is 8.90. The van der Waals surface area contributed by atoms with Gasteiger partial charge < -0.3 is 5.73 Å². The molecule has 2 N–H and O–H groups in total. The lowest BCUT2D eigenvalue weighted by molar-refractivity contribution is 0.580. The largest absolute Gasteiger partial charge is 0.323 e. The van der Waals surface area contributed by atoms with Gasteiger partial charge in [0.1, 0.15) is 0 Å². The van der Waals surface area contributed by atoms with E-state index in [9.17, 15) is 0 Å². The maximum atomic E-state index is 5.71. The number of nitrogens with zero attached hydrogens (tertiary/aromatic N) is 1. The summed E-state index contributed by atoms with van der Waals surface area (Å²) in [6, 6.07) is 0.0531. The lowest BCUT2D eigenvalue weighted by atomic mass is 9.98. The maximum absolute atomic E-state index is 5.71. The zero-order chi connectivity index (χ0) is 9.35. The summed E-state index contributed by atoms with van der Waals surface area (Å²) in [4.78, 5) is 4.47. The Labute approximate surface area is 77.8 Å². The van der Waals surface area contributed by atoms with Crippen LogP contribution in [0, 0.1) is 0 Å². The van der Waals surface area contributed by atoms with Crippen molar-refractivity contribution in [3.63, 3.8) is 0 Å². The molecular formula is C9H16N2S. The fourth-order valence-corrected chi connectivity index (χ4v) is 1.85. The first kappa shape index (κ1) is 9.68. The monoisotopic (exact) mass is 184 g/mol. The Kier molecular flexibility index (Phi) is 2.54. The van der Waals surface area contributed by atoms with Crippen LogP contribution in [0.3, 0.4) is 0 Å². The van der Waals surface area contributed by atoms with E-state index >= 15 is 0 Å². The summed E-state index contributed by atoms with van der Waals surface area (Å²) in [5, 5.41) is 3.21. The van der Waals surface area contributed by atoms with Gasteiger partial charge in [-0.25, -0.2) is 4.98 Å². The van der Waals surface area contributed by atoms with Crippen molar-refractivity contribution in [2.24, 2.45) is 5.73 Å². The summed E-state index contributed by atoms with van der Waals surface area (Å²) < 4.78 is 0. The summed E-state index contributed by atoms with van der Waals surface area (Å²) in [6.45, 7) is 8.45. The van der Waals surface area contributed by atoms with Crippen LogP contribution in [-0.2, 0) is 5.41 Å². The molecule has 2 nitrogen and oxygen atoms in total.